The number of hydroxylamine groups is 2. The highest BCUT2D eigenvalue weighted by Crippen LogP contribution is 2.39. The first kappa shape index (κ1) is 18.0. The lowest BCUT2D eigenvalue weighted by Crippen LogP contribution is -2.36. The van der Waals surface area contributed by atoms with E-state index >= 15 is 0 Å². The van der Waals surface area contributed by atoms with Crippen LogP contribution in [0.15, 0.2) is 52.8 Å². The van der Waals surface area contributed by atoms with E-state index < -0.39 is 11.7 Å². The Labute approximate surface area is 155 Å². The molecule has 144 valence electrons. The highest BCUT2D eigenvalue weighted by atomic mass is 19.4. The van der Waals surface area contributed by atoms with E-state index in [1.807, 2.05) is 5.06 Å². The standard InChI is InChI=1S/C20H21F3N2O2/c21-20(22,23)14-6-4-5-13(11-14)17-9-10-18(26-17)16-12-19(24)27-25(16)15-7-2-1-3-8-15/h4-6,9-12,15-16H,1-3,7-8,24H2. The smallest absolute Gasteiger partial charge is 0.416 e. The minimum atomic E-state index is -4.39. The van der Waals surface area contributed by atoms with Gasteiger partial charge in [0.25, 0.3) is 0 Å². The van der Waals surface area contributed by atoms with Crippen molar-refractivity contribution in [3.05, 3.63) is 59.7 Å². The number of alkyl halides is 3. The van der Waals surface area contributed by atoms with Crippen molar-refractivity contribution >= 4 is 0 Å². The van der Waals surface area contributed by atoms with Crippen LogP contribution in [0, 0.1) is 0 Å². The molecule has 2 heterocycles. The van der Waals surface area contributed by atoms with Crippen molar-refractivity contribution in [3.63, 3.8) is 0 Å². The van der Waals surface area contributed by atoms with Gasteiger partial charge in [-0.15, -0.1) is 5.06 Å². The van der Waals surface area contributed by atoms with Crippen LogP contribution in [0.4, 0.5) is 13.2 Å². The lowest BCUT2D eigenvalue weighted by molar-refractivity contribution is -0.162. The van der Waals surface area contributed by atoms with E-state index in [1.54, 1.807) is 24.3 Å². The summed E-state index contributed by atoms with van der Waals surface area (Å²) in [6, 6.07) is 8.57. The summed E-state index contributed by atoms with van der Waals surface area (Å²) >= 11 is 0. The van der Waals surface area contributed by atoms with Gasteiger partial charge >= 0.3 is 6.18 Å². The second-order valence-electron chi connectivity index (χ2n) is 7.04. The highest BCUT2D eigenvalue weighted by Gasteiger charge is 2.36. The van der Waals surface area contributed by atoms with Crippen LogP contribution >= 0.6 is 0 Å². The molecule has 2 N–H and O–H groups in total. The summed E-state index contributed by atoms with van der Waals surface area (Å²) in [7, 11) is 0. The zero-order valence-corrected chi connectivity index (χ0v) is 14.7. The molecule has 1 fully saturated rings. The van der Waals surface area contributed by atoms with E-state index in [9.17, 15) is 13.2 Å². The van der Waals surface area contributed by atoms with Crippen LogP contribution in [0.2, 0.25) is 0 Å². The Bertz CT molecular complexity index is 838. The maximum Gasteiger partial charge on any atom is 0.416 e. The summed E-state index contributed by atoms with van der Waals surface area (Å²) in [5.74, 6) is 1.31. The van der Waals surface area contributed by atoms with Crippen molar-refractivity contribution in [2.75, 3.05) is 0 Å². The monoisotopic (exact) mass is 378 g/mol. The number of furan rings is 1. The van der Waals surface area contributed by atoms with Crippen LogP contribution in [0.3, 0.4) is 0 Å². The molecule has 2 aromatic rings. The Morgan fingerprint density at radius 1 is 1.04 bits per heavy atom. The van der Waals surface area contributed by atoms with Crippen LogP contribution in [0.25, 0.3) is 11.3 Å². The molecule has 0 radical (unpaired) electrons. The van der Waals surface area contributed by atoms with Crippen molar-refractivity contribution in [1.29, 1.82) is 0 Å². The summed E-state index contributed by atoms with van der Waals surface area (Å²) in [5, 5.41) is 1.86. The Morgan fingerprint density at radius 2 is 1.81 bits per heavy atom. The van der Waals surface area contributed by atoms with E-state index in [0.29, 0.717) is 23.0 Å². The molecule has 4 nitrogen and oxygen atoms in total. The Morgan fingerprint density at radius 3 is 2.56 bits per heavy atom. The Balaban J connectivity index is 1.60. The second kappa shape index (κ2) is 6.96. The maximum absolute atomic E-state index is 13.0. The van der Waals surface area contributed by atoms with Gasteiger partial charge in [-0.25, -0.2) is 0 Å². The van der Waals surface area contributed by atoms with Gasteiger partial charge in [0.05, 0.1) is 5.56 Å². The predicted molar refractivity (Wildman–Crippen MR) is 94.0 cm³/mol. The fourth-order valence-electron chi connectivity index (χ4n) is 3.80. The van der Waals surface area contributed by atoms with Gasteiger partial charge in [-0.3, -0.25) is 0 Å². The molecule has 0 spiro atoms. The number of nitrogens with zero attached hydrogens (tertiary/aromatic N) is 1. The molecule has 1 aliphatic carbocycles. The van der Waals surface area contributed by atoms with Crippen molar-refractivity contribution < 1.29 is 22.4 Å². The first-order valence-electron chi connectivity index (χ1n) is 9.13. The van der Waals surface area contributed by atoms with Crippen LogP contribution < -0.4 is 5.73 Å². The molecular formula is C20H21F3N2O2. The third-order valence-corrected chi connectivity index (χ3v) is 5.13. The molecule has 1 aromatic heterocycles. The fourth-order valence-corrected chi connectivity index (χ4v) is 3.80. The maximum atomic E-state index is 13.0. The average molecular weight is 378 g/mol. The van der Waals surface area contributed by atoms with Gasteiger partial charge in [0, 0.05) is 17.7 Å². The number of nitrogens with two attached hydrogens (primary N) is 1. The molecule has 4 rings (SSSR count). The van der Waals surface area contributed by atoms with Crippen molar-refractivity contribution in [2.24, 2.45) is 5.73 Å². The molecule has 7 heteroatoms. The third kappa shape index (κ3) is 3.69. The van der Waals surface area contributed by atoms with Crippen molar-refractivity contribution in [3.8, 4) is 11.3 Å². The summed E-state index contributed by atoms with van der Waals surface area (Å²) in [6.45, 7) is 0. The molecule has 1 aromatic carbocycles. The van der Waals surface area contributed by atoms with Gasteiger partial charge in [-0.05, 0) is 37.1 Å². The topological polar surface area (TPSA) is 51.6 Å². The number of rotatable bonds is 3. The number of hydrogen-bond acceptors (Lipinski definition) is 4. The molecule has 1 unspecified atom stereocenters. The normalized spacial score (nSPS) is 21.9. The SMILES string of the molecule is NC1=CC(c2ccc(-c3cccc(C(F)(F)F)c3)o2)N(C2CCCCC2)O1. The van der Waals surface area contributed by atoms with Gasteiger partial charge in [-0.1, -0.05) is 31.4 Å². The number of hydrogen-bond donors (Lipinski definition) is 1. The predicted octanol–water partition coefficient (Wildman–Crippen LogP) is 5.39. The number of halogens is 3. The minimum Gasteiger partial charge on any atom is -0.459 e. The molecular weight excluding hydrogens is 357 g/mol. The van der Waals surface area contributed by atoms with Gasteiger partial charge < -0.3 is 15.0 Å². The third-order valence-electron chi connectivity index (χ3n) is 5.13. The largest absolute Gasteiger partial charge is 0.459 e. The minimum absolute atomic E-state index is 0.253. The van der Waals surface area contributed by atoms with Gasteiger partial charge in [-0.2, -0.15) is 13.2 Å². The summed E-state index contributed by atoms with van der Waals surface area (Å²) in [5.41, 5.74) is 5.56. The first-order valence-corrected chi connectivity index (χ1v) is 9.13. The zero-order chi connectivity index (χ0) is 19.0. The first-order chi connectivity index (χ1) is 12.9. The lowest BCUT2D eigenvalue weighted by Gasteiger charge is -2.32. The molecule has 1 aliphatic heterocycles. The van der Waals surface area contributed by atoms with Crippen LogP contribution in [-0.4, -0.2) is 11.1 Å². The van der Waals surface area contributed by atoms with Crippen LogP contribution in [0.5, 0.6) is 0 Å². The molecule has 0 saturated heterocycles. The molecule has 2 aliphatic rings. The zero-order valence-electron chi connectivity index (χ0n) is 14.7. The molecule has 0 amide bonds. The van der Waals surface area contributed by atoms with E-state index in [4.69, 9.17) is 15.0 Å². The molecule has 1 atom stereocenters. The summed E-state index contributed by atoms with van der Waals surface area (Å²) in [4.78, 5) is 5.71. The van der Waals surface area contributed by atoms with Gasteiger partial charge in [0.2, 0.25) is 5.88 Å². The van der Waals surface area contributed by atoms with E-state index in [1.165, 1.54) is 12.5 Å². The molecule has 1 saturated carbocycles. The van der Waals surface area contributed by atoms with Crippen LogP contribution in [-0.2, 0) is 11.0 Å². The molecule has 0 bridgehead atoms. The van der Waals surface area contributed by atoms with E-state index in [2.05, 4.69) is 0 Å². The Hall–Kier alpha value is -2.41. The van der Waals surface area contributed by atoms with E-state index in [-0.39, 0.29) is 12.1 Å². The number of benzene rings is 1. The lowest BCUT2D eigenvalue weighted by atomic mass is 9.94. The fraction of sp³-hybridized carbons (Fsp3) is 0.400. The van der Waals surface area contributed by atoms with Crippen molar-refractivity contribution in [1.82, 2.24) is 5.06 Å². The van der Waals surface area contributed by atoms with Crippen molar-refractivity contribution in [2.45, 2.75) is 50.4 Å². The second-order valence-corrected chi connectivity index (χ2v) is 7.04. The average Bonchev–Trinajstić information content (AvgIpc) is 3.28. The highest BCUT2D eigenvalue weighted by molar-refractivity contribution is 5.59. The van der Waals surface area contributed by atoms with Gasteiger partial charge in [0.15, 0.2) is 0 Å². The molecule has 27 heavy (non-hydrogen) atoms. The van der Waals surface area contributed by atoms with Crippen LogP contribution in [0.1, 0.15) is 49.5 Å². The van der Waals surface area contributed by atoms with E-state index in [0.717, 1.165) is 37.8 Å². The summed E-state index contributed by atoms with van der Waals surface area (Å²) in [6.07, 6.45) is 2.95. The van der Waals surface area contributed by atoms with Gasteiger partial charge in [0.1, 0.15) is 17.6 Å². The summed E-state index contributed by atoms with van der Waals surface area (Å²) < 4.78 is 44.8. The Kier molecular flexibility index (Phi) is 4.63. The quantitative estimate of drug-likeness (QED) is 0.778.